The molecule has 0 heterocycles. The second kappa shape index (κ2) is 10.9. The van der Waals surface area contributed by atoms with E-state index in [9.17, 15) is 9.18 Å². The summed E-state index contributed by atoms with van der Waals surface area (Å²) in [5.74, 6) is 0.376. The van der Waals surface area contributed by atoms with Crippen molar-refractivity contribution in [2.24, 2.45) is 4.99 Å². The summed E-state index contributed by atoms with van der Waals surface area (Å²) in [6, 6.07) is 13.6. The first kappa shape index (κ1) is 21.2. The quantitative estimate of drug-likeness (QED) is 0.482. The molecule has 3 N–H and O–H groups in total. The SMILES string of the molecule is CCNC(=NCc1ccc(C(=O)NC)cc1)NCC(C)Oc1ccccc1F. The number of aliphatic imine (C=N–C) groups is 1. The number of benzene rings is 2. The summed E-state index contributed by atoms with van der Waals surface area (Å²) in [6.45, 7) is 5.49. The highest BCUT2D eigenvalue weighted by Crippen LogP contribution is 2.16. The van der Waals surface area contributed by atoms with Crippen LogP contribution in [0, 0.1) is 5.82 Å². The molecule has 6 nitrogen and oxygen atoms in total. The molecule has 1 unspecified atom stereocenters. The normalized spacial score (nSPS) is 12.2. The maximum absolute atomic E-state index is 13.7. The van der Waals surface area contributed by atoms with Gasteiger partial charge in [0.25, 0.3) is 5.91 Å². The Labute approximate surface area is 165 Å². The van der Waals surface area contributed by atoms with E-state index in [-0.39, 0.29) is 23.6 Å². The van der Waals surface area contributed by atoms with Crippen LogP contribution in [-0.4, -0.2) is 38.1 Å². The van der Waals surface area contributed by atoms with Gasteiger partial charge >= 0.3 is 0 Å². The van der Waals surface area contributed by atoms with Crippen molar-refractivity contribution in [3.05, 3.63) is 65.5 Å². The molecule has 1 amide bonds. The Morgan fingerprint density at radius 1 is 1.14 bits per heavy atom. The Morgan fingerprint density at radius 2 is 1.86 bits per heavy atom. The maximum Gasteiger partial charge on any atom is 0.251 e. The van der Waals surface area contributed by atoms with Crippen molar-refractivity contribution < 1.29 is 13.9 Å². The number of nitrogens with zero attached hydrogens (tertiary/aromatic N) is 1. The average molecular weight is 386 g/mol. The molecule has 150 valence electrons. The molecule has 0 radical (unpaired) electrons. The number of nitrogens with one attached hydrogen (secondary N) is 3. The van der Waals surface area contributed by atoms with Crippen LogP contribution >= 0.6 is 0 Å². The fourth-order valence-electron chi connectivity index (χ4n) is 2.46. The van der Waals surface area contributed by atoms with Gasteiger partial charge in [-0.1, -0.05) is 24.3 Å². The van der Waals surface area contributed by atoms with E-state index in [2.05, 4.69) is 20.9 Å². The van der Waals surface area contributed by atoms with Gasteiger partial charge < -0.3 is 20.7 Å². The van der Waals surface area contributed by atoms with Gasteiger partial charge in [-0.05, 0) is 43.7 Å². The topological polar surface area (TPSA) is 74.8 Å². The third-order valence-corrected chi connectivity index (χ3v) is 3.93. The summed E-state index contributed by atoms with van der Waals surface area (Å²) in [7, 11) is 1.60. The number of halogens is 1. The van der Waals surface area contributed by atoms with Crippen LogP contribution in [0.4, 0.5) is 4.39 Å². The number of amides is 1. The molecular formula is C21H27FN4O2. The van der Waals surface area contributed by atoms with Gasteiger partial charge in [0.1, 0.15) is 6.10 Å². The van der Waals surface area contributed by atoms with E-state index in [1.54, 1.807) is 37.4 Å². The van der Waals surface area contributed by atoms with E-state index in [1.807, 2.05) is 26.0 Å². The second-order valence-electron chi connectivity index (χ2n) is 6.21. The van der Waals surface area contributed by atoms with Crippen LogP contribution < -0.4 is 20.7 Å². The van der Waals surface area contributed by atoms with E-state index in [4.69, 9.17) is 4.74 Å². The number of hydrogen-bond acceptors (Lipinski definition) is 3. The molecular weight excluding hydrogens is 359 g/mol. The Hall–Kier alpha value is -3.09. The van der Waals surface area contributed by atoms with Gasteiger partial charge in [0.05, 0.1) is 13.1 Å². The maximum atomic E-state index is 13.7. The van der Waals surface area contributed by atoms with Crippen molar-refractivity contribution in [2.75, 3.05) is 20.1 Å². The average Bonchev–Trinajstić information content (AvgIpc) is 2.71. The molecule has 0 aliphatic heterocycles. The monoisotopic (exact) mass is 386 g/mol. The number of carbonyl (C=O) groups excluding carboxylic acids is 1. The zero-order chi connectivity index (χ0) is 20.4. The number of hydrogen-bond donors (Lipinski definition) is 3. The number of guanidine groups is 1. The van der Waals surface area contributed by atoms with Crippen LogP contribution in [0.2, 0.25) is 0 Å². The molecule has 0 spiro atoms. The van der Waals surface area contributed by atoms with Crippen LogP contribution in [0.3, 0.4) is 0 Å². The number of para-hydroxylation sites is 1. The summed E-state index contributed by atoms with van der Waals surface area (Å²) < 4.78 is 19.3. The molecule has 0 aromatic heterocycles. The summed E-state index contributed by atoms with van der Waals surface area (Å²) in [6.07, 6.45) is -0.243. The molecule has 1 atom stereocenters. The predicted octanol–water partition coefficient (Wildman–Crippen LogP) is 2.71. The zero-order valence-electron chi connectivity index (χ0n) is 16.5. The fraction of sp³-hybridized carbons (Fsp3) is 0.333. The molecule has 2 rings (SSSR count). The minimum atomic E-state index is -0.380. The molecule has 0 saturated heterocycles. The van der Waals surface area contributed by atoms with E-state index >= 15 is 0 Å². The third kappa shape index (κ3) is 6.57. The Morgan fingerprint density at radius 3 is 2.50 bits per heavy atom. The molecule has 0 aliphatic carbocycles. The van der Waals surface area contributed by atoms with Gasteiger partial charge in [-0.2, -0.15) is 0 Å². The molecule has 0 bridgehead atoms. The lowest BCUT2D eigenvalue weighted by Crippen LogP contribution is -2.41. The van der Waals surface area contributed by atoms with Crippen molar-refractivity contribution in [2.45, 2.75) is 26.5 Å². The summed E-state index contributed by atoms with van der Waals surface area (Å²) in [5.41, 5.74) is 1.60. The lowest BCUT2D eigenvalue weighted by molar-refractivity contribution is 0.0963. The fourth-order valence-corrected chi connectivity index (χ4v) is 2.46. The Bertz CT molecular complexity index is 793. The van der Waals surface area contributed by atoms with Gasteiger partial charge in [0.2, 0.25) is 0 Å². The molecule has 7 heteroatoms. The van der Waals surface area contributed by atoms with Crippen molar-refractivity contribution >= 4 is 11.9 Å². The molecule has 0 aliphatic rings. The van der Waals surface area contributed by atoms with Crippen molar-refractivity contribution in [1.82, 2.24) is 16.0 Å². The first-order chi connectivity index (χ1) is 13.5. The highest BCUT2D eigenvalue weighted by Gasteiger charge is 2.09. The Balaban J connectivity index is 1.91. The number of rotatable bonds is 8. The van der Waals surface area contributed by atoms with Crippen LogP contribution in [-0.2, 0) is 6.54 Å². The third-order valence-electron chi connectivity index (χ3n) is 3.93. The number of ether oxygens (including phenoxy) is 1. The Kier molecular flexibility index (Phi) is 8.27. The van der Waals surface area contributed by atoms with Gasteiger partial charge in [0.15, 0.2) is 17.5 Å². The van der Waals surface area contributed by atoms with E-state index in [0.29, 0.717) is 31.2 Å². The smallest absolute Gasteiger partial charge is 0.251 e. The highest BCUT2D eigenvalue weighted by atomic mass is 19.1. The molecule has 0 saturated carbocycles. The predicted molar refractivity (Wildman–Crippen MR) is 109 cm³/mol. The molecule has 28 heavy (non-hydrogen) atoms. The standard InChI is InChI=1S/C21H27FN4O2/c1-4-24-21(25-13-15(2)28-19-8-6-5-7-18(19)22)26-14-16-9-11-17(12-10-16)20(27)23-3/h5-12,15H,4,13-14H2,1-3H3,(H,23,27)(H2,24,25,26). The van der Waals surface area contributed by atoms with Crippen LogP contribution in [0.25, 0.3) is 0 Å². The van der Waals surface area contributed by atoms with Crippen LogP contribution in [0.5, 0.6) is 5.75 Å². The van der Waals surface area contributed by atoms with Crippen molar-refractivity contribution in [3.8, 4) is 5.75 Å². The first-order valence-corrected chi connectivity index (χ1v) is 9.27. The van der Waals surface area contributed by atoms with Gasteiger partial charge in [-0.3, -0.25) is 4.79 Å². The number of carbonyl (C=O) groups is 1. The minimum Gasteiger partial charge on any atom is -0.486 e. The lowest BCUT2D eigenvalue weighted by Gasteiger charge is -2.18. The van der Waals surface area contributed by atoms with Gasteiger partial charge in [-0.25, -0.2) is 9.38 Å². The summed E-state index contributed by atoms with van der Waals surface area (Å²) in [5, 5.41) is 8.96. The molecule has 0 fully saturated rings. The molecule has 2 aromatic carbocycles. The summed E-state index contributed by atoms with van der Waals surface area (Å²) >= 11 is 0. The van der Waals surface area contributed by atoms with Crippen LogP contribution in [0.15, 0.2) is 53.5 Å². The van der Waals surface area contributed by atoms with E-state index in [0.717, 1.165) is 5.56 Å². The van der Waals surface area contributed by atoms with Crippen LogP contribution in [0.1, 0.15) is 29.8 Å². The summed E-state index contributed by atoms with van der Waals surface area (Å²) in [4.78, 5) is 16.1. The van der Waals surface area contributed by atoms with E-state index < -0.39 is 0 Å². The molecule has 2 aromatic rings. The van der Waals surface area contributed by atoms with E-state index in [1.165, 1.54) is 6.07 Å². The minimum absolute atomic E-state index is 0.117. The largest absolute Gasteiger partial charge is 0.486 e. The van der Waals surface area contributed by atoms with Gasteiger partial charge in [-0.15, -0.1) is 0 Å². The van der Waals surface area contributed by atoms with Gasteiger partial charge in [0, 0.05) is 19.2 Å². The lowest BCUT2D eigenvalue weighted by atomic mass is 10.1. The highest BCUT2D eigenvalue weighted by molar-refractivity contribution is 5.93. The zero-order valence-corrected chi connectivity index (χ0v) is 16.5. The first-order valence-electron chi connectivity index (χ1n) is 9.27. The van der Waals surface area contributed by atoms with Crippen molar-refractivity contribution in [3.63, 3.8) is 0 Å². The van der Waals surface area contributed by atoms with Crippen molar-refractivity contribution in [1.29, 1.82) is 0 Å². The second-order valence-corrected chi connectivity index (χ2v) is 6.21.